The van der Waals surface area contributed by atoms with Crippen LogP contribution >= 0.6 is 11.8 Å². The molecule has 0 saturated heterocycles. The fraction of sp³-hybridized carbons (Fsp3) is 0.333. The molecule has 3 aromatic rings. The van der Waals surface area contributed by atoms with Crippen molar-refractivity contribution in [1.29, 1.82) is 0 Å². The summed E-state index contributed by atoms with van der Waals surface area (Å²) in [6.07, 6.45) is 1.69. The SMILES string of the molecule is Cc1ccc(NC(=O)CSc2c(C(C)C)cnc3c2c(=O)n(C)c(=O)n3C)cc1. The van der Waals surface area contributed by atoms with E-state index >= 15 is 0 Å². The van der Waals surface area contributed by atoms with E-state index in [1.165, 1.54) is 23.4 Å². The van der Waals surface area contributed by atoms with Crippen LogP contribution in [-0.2, 0) is 18.9 Å². The first kappa shape index (κ1) is 20.9. The van der Waals surface area contributed by atoms with E-state index < -0.39 is 11.2 Å². The summed E-state index contributed by atoms with van der Waals surface area (Å²) < 4.78 is 2.43. The Morgan fingerprint density at radius 1 is 1.14 bits per heavy atom. The van der Waals surface area contributed by atoms with Gasteiger partial charge in [0.05, 0.1) is 11.1 Å². The number of anilines is 1. The third-order valence-electron chi connectivity index (χ3n) is 4.75. The number of thioether (sulfide) groups is 1. The smallest absolute Gasteiger partial charge is 0.325 e. The molecular formula is C21H24N4O3S. The molecule has 0 fully saturated rings. The standard InChI is InChI=1S/C21H24N4O3S/c1-12(2)15-10-22-19-17(20(27)25(5)21(28)24(19)4)18(15)29-11-16(26)23-14-8-6-13(3)7-9-14/h6-10,12H,11H2,1-5H3,(H,23,26). The highest BCUT2D eigenvalue weighted by Gasteiger charge is 2.20. The summed E-state index contributed by atoms with van der Waals surface area (Å²) in [4.78, 5) is 42.6. The number of fused-ring (bicyclic) bond motifs is 1. The molecule has 0 saturated carbocycles. The lowest BCUT2D eigenvalue weighted by Crippen LogP contribution is -2.37. The van der Waals surface area contributed by atoms with E-state index in [1.54, 1.807) is 13.2 Å². The summed E-state index contributed by atoms with van der Waals surface area (Å²) in [5.74, 6) is 0.0790. The molecule has 0 aliphatic rings. The van der Waals surface area contributed by atoms with Crippen molar-refractivity contribution in [2.75, 3.05) is 11.1 Å². The number of aromatic nitrogens is 3. The van der Waals surface area contributed by atoms with Crippen molar-refractivity contribution in [3.05, 3.63) is 62.4 Å². The van der Waals surface area contributed by atoms with Gasteiger partial charge in [0, 0.05) is 30.9 Å². The number of carbonyl (C=O) groups is 1. The van der Waals surface area contributed by atoms with E-state index in [-0.39, 0.29) is 17.6 Å². The van der Waals surface area contributed by atoms with Gasteiger partial charge in [-0.1, -0.05) is 31.5 Å². The van der Waals surface area contributed by atoms with Crippen molar-refractivity contribution in [3.8, 4) is 0 Å². The molecule has 0 aliphatic heterocycles. The lowest BCUT2D eigenvalue weighted by atomic mass is 10.0. The zero-order valence-electron chi connectivity index (χ0n) is 17.1. The second-order valence-electron chi connectivity index (χ2n) is 7.30. The molecule has 0 unspecified atom stereocenters. The quantitative estimate of drug-likeness (QED) is 0.651. The minimum atomic E-state index is -0.430. The van der Waals surface area contributed by atoms with E-state index in [9.17, 15) is 14.4 Å². The van der Waals surface area contributed by atoms with Gasteiger partial charge in [0.2, 0.25) is 5.91 Å². The van der Waals surface area contributed by atoms with Crippen LogP contribution in [0.4, 0.5) is 5.69 Å². The van der Waals surface area contributed by atoms with Crippen LogP contribution in [0.5, 0.6) is 0 Å². The molecule has 8 heteroatoms. The topological polar surface area (TPSA) is 86.0 Å². The molecular weight excluding hydrogens is 388 g/mol. The molecule has 29 heavy (non-hydrogen) atoms. The first-order chi connectivity index (χ1) is 13.7. The summed E-state index contributed by atoms with van der Waals surface area (Å²) in [6.45, 7) is 5.99. The third-order valence-corrected chi connectivity index (χ3v) is 5.89. The number of amides is 1. The fourth-order valence-electron chi connectivity index (χ4n) is 3.06. The number of nitrogens with one attached hydrogen (secondary N) is 1. The average molecular weight is 413 g/mol. The molecule has 0 atom stereocenters. The molecule has 2 heterocycles. The Labute approximate surface area is 172 Å². The summed E-state index contributed by atoms with van der Waals surface area (Å²) in [5.41, 5.74) is 2.21. The second kappa shape index (κ2) is 8.24. The average Bonchev–Trinajstić information content (AvgIpc) is 2.69. The van der Waals surface area contributed by atoms with Crippen LogP contribution in [0.1, 0.15) is 30.9 Å². The normalized spacial score (nSPS) is 11.2. The van der Waals surface area contributed by atoms with Gasteiger partial charge in [-0.05, 0) is 30.5 Å². The van der Waals surface area contributed by atoms with E-state index in [0.717, 1.165) is 21.4 Å². The number of aryl methyl sites for hydroxylation is 2. The second-order valence-corrected chi connectivity index (χ2v) is 8.29. The number of hydrogen-bond acceptors (Lipinski definition) is 5. The molecule has 3 rings (SSSR count). The van der Waals surface area contributed by atoms with Crippen LogP contribution in [-0.4, -0.2) is 25.8 Å². The van der Waals surface area contributed by atoms with Gasteiger partial charge in [-0.15, -0.1) is 11.8 Å². The molecule has 1 aromatic carbocycles. The van der Waals surface area contributed by atoms with Crippen molar-refractivity contribution < 1.29 is 4.79 Å². The molecule has 0 spiro atoms. The lowest BCUT2D eigenvalue weighted by molar-refractivity contribution is -0.113. The molecule has 2 aromatic heterocycles. The maximum Gasteiger partial charge on any atom is 0.332 e. The maximum absolute atomic E-state index is 12.9. The Morgan fingerprint density at radius 2 is 1.79 bits per heavy atom. The minimum Gasteiger partial charge on any atom is -0.325 e. The Morgan fingerprint density at radius 3 is 2.41 bits per heavy atom. The van der Waals surface area contributed by atoms with E-state index in [0.29, 0.717) is 15.9 Å². The molecule has 0 radical (unpaired) electrons. The predicted octanol–water partition coefficient (Wildman–Crippen LogP) is 2.79. The molecule has 0 aliphatic carbocycles. The molecule has 152 valence electrons. The van der Waals surface area contributed by atoms with Gasteiger partial charge in [0.1, 0.15) is 5.65 Å². The highest BCUT2D eigenvalue weighted by Crippen LogP contribution is 2.32. The summed E-state index contributed by atoms with van der Waals surface area (Å²) in [6, 6.07) is 7.57. The highest BCUT2D eigenvalue weighted by molar-refractivity contribution is 8.00. The monoisotopic (exact) mass is 412 g/mol. The molecule has 1 amide bonds. The largest absolute Gasteiger partial charge is 0.332 e. The summed E-state index contributed by atoms with van der Waals surface area (Å²) in [5, 5.41) is 3.24. The first-order valence-corrected chi connectivity index (χ1v) is 10.3. The summed E-state index contributed by atoms with van der Waals surface area (Å²) in [7, 11) is 3.04. The Bertz CT molecular complexity index is 1190. The van der Waals surface area contributed by atoms with Gasteiger partial charge in [-0.2, -0.15) is 0 Å². The van der Waals surface area contributed by atoms with Crippen molar-refractivity contribution in [1.82, 2.24) is 14.1 Å². The number of nitrogens with zero attached hydrogens (tertiary/aromatic N) is 3. The number of benzene rings is 1. The van der Waals surface area contributed by atoms with Crippen LogP contribution in [0.25, 0.3) is 11.0 Å². The lowest BCUT2D eigenvalue weighted by Gasteiger charge is -2.16. The number of carbonyl (C=O) groups excluding carboxylic acids is 1. The summed E-state index contributed by atoms with van der Waals surface area (Å²) >= 11 is 1.29. The molecule has 0 bridgehead atoms. The van der Waals surface area contributed by atoms with Crippen molar-refractivity contribution in [2.45, 2.75) is 31.6 Å². The Balaban J connectivity index is 1.99. The van der Waals surface area contributed by atoms with Crippen LogP contribution in [0.15, 0.2) is 44.9 Å². The highest BCUT2D eigenvalue weighted by atomic mass is 32.2. The van der Waals surface area contributed by atoms with Crippen molar-refractivity contribution in [3.63, 3.8) is 0 Å². The molecule has 1 N–H and O–H groups in total. The van der Waals surface area contributed by atoms with Crippen LogP contribution in [0.2, 0.25) is 0 Å². The zero-order chi connectivity index (χ0) is 21.3. The van der Waals surface area contributed by atoms with Gasteiger partial charge < -0.3 is 5.32 Å². The van der Waals surface area contributed by atoms with Crippen LogP contribution in [0, 0.1) is 6.92 Å². The van der Waals surface area contributed by atoms with Gasteiger partial charge in [0.15, 0.2) is 0 Å². The Hall–Kier alpha value is -2.87. The van der Waals surface area contributed by atoms with Gasteiger partial charge in [-0.25, -0.2) is 9.78 Å². The van der Waals surface area contributed by atoms with Gasteiger partial charge >= 0.3 is 5.69 Å². The Kier molecular flexibility index (Phi) is 5.93. The van der Waals surface area contributed by atoms with Gasteiger partial charge in [-0.3, -0.25) is 18.7 Å². The first-order valence-electron chi connectivity index (χ1n) is 9.28. The number of rotatable bonds is 5. The number of pyridine rings is 1. The minimum absolute atomic E-state index is 0.108. The zero-order valence-corrected chi connectivity index (χ0v) is 18.0. The molecule has 7 nitrogen and oxygen atoms in total. The van der Waals surface area contributed by atoms with E-state index in [1.807, 2.05) is 45.0 Å². The van der Waals surface area contributed by atoms with E-state index in [2.05, 4.69) is 10.3 Å². The van der Waals surface area contributed by atoms with E-state index in [4.69, 9.17) is 0 Å². The van der Waals surface area contributed by atoms with Crippen LogP contribution in [0.3, 0.4) is 0 Å². The maximum atomic E-state index is 12.9. The fourth-order valence-corrected chi connectivity index (χ4v) is 4.18. The predicted molar refractivity (Wildman–Crippen MR) is 117 cm³/mol. The van der Waals surface area contributed by atoms with Crippen LogP contribution < -0.4 is 16.6 Å². The van der Waals surface area contributed by atoms with Crippen molar-refractivity contribution in [2.24, 2.45) is 14.1 Å². The van der Waals surface area contributed by atoms with Crippen molar-refractivity contribution >= 4 is 34.4 Å². The van der Waals surface area contributed by atoms with Gasteiger partial charge in [0.25, 0.3) is 5.56 Å². The number of hydrogen-bond donors (Lipinski definition) is 1. The third kappa shape index (κ3) is 4.12.